The van der Waals surface area contributed by atoms with Gasteiger partial charge in [0.05, 0.1) is 11.2 Å². The average molecular weight is 199 g/mol. The maximum absolute atomic E-state index is 6.03. The molecule has 1 fully saturated rings. The van der Waals surface area contributed by atoms with Crippen LogP contribution in [0, 0.1) is 0 Å². The van der Waals surface area contributed by atoms with Crippen LogP contribution < -0.4 is 5.32 Å². The summed E-state index contributed by atoms with van der Waals surface area (Å²) >= 11 is 0. The van der Waals surface area contributed by atoms with Crippen molar-refractivity contribution in [1.29, 1.82) is 0 Å². The van der Waals surface area contributed by atoms with Crippen molar-refractivity contribution in [2.75, 3.05) is 0 Å². The Labute approximate surface area is 88.4 Å². The Morgan fingerprint density at radius 3 is 2.29 bits per heavy atom. The topological polar surface area (TPSA) is 21.3 Å². The summed E-state index contributed by atoms with van der Waals surface area (Å²) in [6.45, 7) is 13.2. The SMILES string of the molecule is CC[C@@H](C)N[C@H]1CC(C)(C)OC1(C)C. The summed E-state index contributed by atoms with van der Waals surface area (Å²) in [6, 6.07) is 1.06. The maximum atomic E-state index is 6.03. The highest BCUT2D eigenvalue weighted by Gasteiger charge is 2.45. The number of hydrogen-bond acceptors (Lipinski definition) is 2. The summed E-state index contributed by atoms with van der Waals surface area (Å²) in [4.78, 5) is 0. The van der Waals surface area contributed by atoms with Crippen molar-refractivity contribution in [2.24, 2.45) is 0 Å². The Balaban J connectivity index is 2.61. The molecule has 0 amide bonds. The van der Waals surface area contributed by atoms with Crippen molar-refractivity contribution in [3.05, 3.63) is 0 Å². The molecule has 1 heterocycles. The molecule has 2 heteroatoms. The minimum Gasteiger partial charge on any atom is -0.368 e. The van der Waals surface area contributed by atoms with Crippen molar-refractivity contribution >= 4 is 0 Å². The van der Waals surface area contributed by atoms with Gasteiger partial charge in [0.2, 0.25) is 0 Å². The van der Waals surface area contributed by atoms with Crippen molar-refractivity contribution in [3.63, 3.8) is 0 Å². The van der Waals surface area contributed by atoms with Crippen LogP contribution in [0.1, 0.15) is 54.4 Å². The zero-order valence-corrected chi connectivity index (χ0v) is 10.5. The Bertz CT molecular complexity index is 198. The highest BCUT2D eigenvalue weighted by molar-refractivity contribution is 4.99. The third kappa shape index (κ3) is 2.71. The molecule has 14 heavy (non-hydrogen) atoms. The lowest BCUT2D eigenvalue weighted by atomic mass is 9.93. The molecule has 1 N–H and O–H groups in total. The molecule has 2 atom stereocenters. The predicted molar refractivity (Wildman–Crippen MR) is 60.5 cm³/mol. The van der Waals surface area contributed by atoms with Crippen molar-refractivity contribution in [2.45, 2.75) is 77.7 Å². The van der Waals surface area contributed by atoms with E-state index in [9.17, 15) is 0 Å². The first-order valence-corrected chi connectivity index (χ1v) is 5.73. The monoisotopic (exact) mass is 199 g/mol. The first-order valence-electron chi connectivity index (χ1n) is 5.73. The Kier molecular flexibility index (Phi) is 3.27. The normalized spacial score (nSPS) is 31.7. The Hall–Kier alpha value is -0.0800. The molecular formula is C12H25NO. The van der Waals surface area contributed by atoms with Gasteiger partial charge >= 0.3 is 0 Å². The fraction of sp³-hybridized carbons (Fsp3) is 1.00. The van der Waals surface area contributed by atoms with E-state index in [4.69, 9.17) is 4.74 Å². The van der Waals surface area contributed by atoms with Gasteiger partial charge in [-0.15, -0.1) is 0 Å². The second kappa shape index (κ2) is 3.82. The number of ether oxygens (including phenoxy) is 1. The standard InChI is InChI=1S/C12H25NO/c1-7-9(2)13-10-8-11(3,4)14-12(10,5)6/h9-10,13H,7-8H2,1-6H3/t9-,10+/m1/s1. The fourth-order valence-corrected chi connectivity index (χ4v) is 2.28. The summed E-state index contributed by atoms with van der Waals surface area (Å²) in [5, 5.41) is 3.65. The molecular weight excluding hydrogens is 174 g/mol. The maximum Gasteiger partial charge on any atom is 0.0787 e. The third-order valence-corrected chi connectivity index (χ3v) is 3.17. The van der Waals surface area contributed by atoms with Gasteiger partial charge in [-0.1, -0.05) is 6.92 Å². The summed E-state index contributed by atoms with van der Waals surface area (Å²) in [6.07, 6.45) is 2.28. The summed E-state index contributed by atoms with van der Waals surface area (Å²) in [7, 11) is 0. The lowest BCUT2D eigenvalue weighted by molar-refractivity contribution is -0.0703. The summed E-state index contributed by atoms with van der Waals surface area (Å²) in [5.41, 5.74) is -0.0123. The van der Waals surface area contributed by atoms with E-state index in [2.05, 4.69) is 46.9 Å². The zero-order chi connectivity index (χ0) is 11.0. The van der Waals surface area contributed by atoms with E-state index in [1.54, 1.807) is 0 Å². The van der Waals surface area contributed by atoms with E-state index >= 15 is 0 Å². The lowest BCUT2D eigenvalue weighted by Crippen LogP contribution is -2.46. The van der Waals surface area contributed by atoms with Crippen LogP contribution in [-0.4, -0.2) is 23.3 Å². The molecule has 2 nitrogen and oxygen atoms in total. The molecule has 0 saturated carbocycles. The number of hydrogen-bond donors (Lipinski definition) is 1. The van der Waals surface area contributed by atoms with Crippen LogP contribution >= 0.6 is 0 Å². The molecule has 0 radical (unpaired) electrons. The average Bonchev–Trinajstić information content (AvgIpc) is 2.19. The van der Waals surface area contributed by atoms with Gasteiger partial charge in [-0.2, -0.15) is 0 Å². The van der Waals surface area contributed by atoms with Crippen molar-refractivity contribution < 1.29 is 4.74 Å². The Morgan fingerprint density at radius 1 is 1.36 bits per heavy atom. The van der Waals surface area contributed by atoms with Crippen LogP contribution in [0.5, 0.6) is 0 Å². The van der Waals surface area contributed by atoms with E-state index in [0.717, 1.165) is 6.42 Å². The van der Waals surface area contributed by atoms with Crippen LogP contribution in [0.15, 0.2) is 0 Å². The molecule has 0 aromatic rings. The Morgan fingerprint density at radius 2 is 1.93 bits per heavy atom. The van der Waals surface area contributed by atoms with Gasteiger partial charge in [0.1, 0.15) is 0 Å². The van der Waals surface area contributed by atoms with E-state index in [1.165, 1.54) is 6.42 Å². The van der Waals surface area contributed by atoms with Crippen LogP contribution in [0.3, 0.4) is 0 Å². The van der Waals surface area contributed by atoms with Crippen LogP contribution in [-0.2, 0) is 4.74 Å². The fourth-order valence-electron chi connectivity index (χ4n) is 2.28. The van der Waals surface area contributed by atoms with Gasteiger partial charge in [-0.25, -0.2) is 0 Å². The largest absolute Gasteiger partial charge is 0.368 e. The minimum absolute atomic E-state index is 0.0224. The molecule has 1 aliphatic rings. The van der Waals surface area contributed by atoms with Crippen molar-refractivity contribution in [3.8, 4) is 0 Å². The van der Waals surface area contributed by atoms with Gasteiger partial charge in [0, 0.05) is 12.1 Å². The van der Waals surface area contributed by atoms with Crippen LogP contribution in [0.4, 0.5) is 0 Å². The first kappa shape index (κ1) is 12.0. The highest BCUT2D eigenvalue weighted by Crippen LogP contribution is 2.37. The van der Waals surface area contributed by atoms with Gasteiger partial charge in [0.25, 0.3) is 0 Å². The van der Waals surface area contributed by atoms with Crippen LogP contribution in [0.25, 0.3) is 0 Å². The third-order valence-electron chi connectivity index (χ3n) is 3.17. The molecule has 0 aromatic heterocycles. The zero-order valence-electron chi connectivity index (χ0n) is 10.5. The van der Waals surface area contributed by atoms with E-state index < -0.39 is 0 Å². The quantitative estimate of drug-likeness (QED) is 0.754. The lowest BCUT2D eigenvalue weighted by Gasteiger charge is -2.29. The van der Waals surface area contributed by atoms with Gasteiger partial charge < -0.3 is 10.1 Å². The molecule has 0 aliphatic carbocycles. The van der Waals surface area contributed by atoms with Crippen molar-refractivity contribution in [1.82, 2.24) is 5.32 Å². The van der Waals surface area contributed by atoms with E-state index in [0.29, 0.717) is 12.1 Å². The predicted octanol–water partition coefficient (Wildman–Crippen LogP) is 2.72. The molecule has 0 spiro atoms. The molecule has 0 unspecified atom stereocenters. The number of rotatable bonds is 3. The minimum atomic E-state index is -0.0348. The van der Waals surface area contributed by atoms with Crippen LogP contribution in [0.2, 0.25) is 0 Å². The van der Waals surface area contributed by atoms with Gasteiger partial charge in [-0.05, 0) is 47.5 Å². The second-order valence-corrected chi connectivity index (χ2v) is 5.70. The molecule has 1 rings (SSSR count). The molecule has 0 bridgehead atoms. The van der Waals surface area contributed by atoms with E-state index in [-0.39, 0.29) is 11.2 Å². The smallest absolute Gasteiger partial charge is 0.0787 e. The van der Waals surface area contributed by atoms with E-state index in [1.807, 2.05) is 0 Å². The van der Waals surface area contributed by atoms with Gasteiger partial charge in [0.15, 0.2) is 0 Å². The molecule has 0 aromatic carbocycles. The summed E-state index contributed by atoms with van der Waals surface area (Å²) in [5.74, 6) is 0. The summed E-state index contributed by atoms with van der Waals surface area (Å²) < 4.78 is 6.03. The first-order chi connectivity index (χ1) is 6.27. The highest BCUT2D eigenvalue weighted by atomic mass is 16.5. The van der Waals surface area contributed by atoms with Gasteiger partial charge in [-0.3, -0.25) is 0 Å². The molecule has 1 aliphatic heterocycles. The molecule has 84 valence electrons. The number of nitrogens with one attached hydrogen (secondary N) is 1. The molecule has 1 saturated heterocycles. The second-order valence-electron chi connectivity index (χ2n) is 5.70.